The van der Waals surface area contributed by atoms with Crippen LogP contribution >= 0.6 is 23.2 Å². The van der Waals surface area contributed by atoms with Crippen LogP contribution in [0.4, 0.5) is 5.69 Å². The number of nitrogens with one attached hydrogen (secondary N) is 1. The maximum absolute atomic E-state index is 6.12. The van der Waals surface area contributed by atoms with E-state index >= 15 is 0 Å². The Kier molecular flexibility index (Phi) is 4.55. The summed E-state index contributed by atoms with van der Waals surface area (Å²) in [5, 5.41) is 4.77. The number of hydrogen-bond donors (Lipinski definition) is 1. The molecule has 0 saturated carbocycles. The summed E-state index contributed by atoms with van der Waals surface area (Å²) in [5.74, 6) is 0. The number of halogens is 2. The maximum atomic E-state index is 6.12. The van der Waals surface area contributed by atoms with Crippen molar-refractivity contribution in [2.24, 2.45) is 0 Å². The predicted octanol–water partition coefficient (Wildman–Crippen LogP) is 3.89. The fourth-order valence-electron chi connectivity index (χ4n) is 2.26. The first-order valence-electron chi connectivity index (χ1n) is 6.06. The molecule has 94 valence electrons. The van der Waals surface area contributed by atoms with Gasteiger partial charge in [0.05, 0.1) is 10.7 Å². The monoisotopic (exact) mass is 272 g/mol. The first-order chi connectivity index (χ1) is 8.16. The molecular formula is C13H18Cl2N2. The van der Waals surface area contributed by atoms with Gasteiger partial charge in [0.25, 0.3) is 0 Å². The highest BCUT2D eigenvalue weighted by molar-refractivity contribution is 6.36. The fourth-order valence-corrected chi connectivity index (χ4v) is 2.74. The number of anilines is 1. The Morgan fingerprint density at radius 2 is 2.18 bits per heavy atom. The van der Waals surface area contributed by atoms with Crippen LogP contribution in [-0.4, -0.2) is 31.1 Å². The number of likely N-dealkylation sites (tertiary alicyclic amines) is 1. The molecule has 1 aromatic carbocycles. The molecule has 1 saturated heterocycles. The zero-order valence-electron chi connectivity index (χ0n) is 10.0. The van der Waals surface area contributed by atoms with Crippen LogP contribution in [0.25, 0.3) is 0 Å². The molecule has 0 spiro atoms. The molecule has 17 heavy (non-hydrogen) atoms. The van der Waals surface area contributed by atoms with Crippen molar-refractivity contribution in [3.63, 3.8) is 0 Å². The lowest BCUT2D eigenvalue weighted by Crippen LogP contribution is -2.40. The van der Waals surface area contributed by atoms with Crippen LogP contribution in [0.15, 0.2) is 18.2 Å². The molecule has 1 unspecified atom stereocenters. The average Bonchev–Trinajstić information content (AvgIpc) is 2.30. The first-order valence-corrected chi connectivity index (χ1v) is 6.81. The Labute approximate surface area is 113 Å². The van der Waals surface area contributed by atoms with Gasteiger partial charge in [0.1, 0.15) is 0 Å². The van der Waals surface area contributed by atoms with Crippen LogP contribution in [0.1, 0.15) is 19.3 Å². The van der Waals surface area contributed by atoms with E-state index in [0.29, 0.717) is 16.1 Å². The zero-order valence-corrected chi connectivity index (χ0v) is 11.6. The summed E-state index contributed by atoms with van der Waals surface area (Å²) in [6.07, 6.45) is 3.90. The van der Waals surface area contributed by atoms with Gasteiger partial charge in [0.15, 0.2) is 0 Å². The minimum atomic E-state index is 0.607. The lowest BCUT2D eigenvalue weighted by molar-refractivity contribution is 0.194. The standard InChI is InChI=1S/C13H18Cl2N2/c1-17-7-3-2-4-11(17)9-16-13-6-5-10(14)8-12(13)15/h5-6,8,11,16H,2-4,7,9H2,1H3. The van der Waals surface area contributed by atoms with Gasteiger partial charge in [-0.05, 0) is 44.6 Å². The van der Waals surface area contributed by atoms with Crippen molar-refractivity contribution in [1.82, 2.24) is 4.90 Å². The van der Waals surface area contributed by atoms with E-state index in [9.17, 15) is 0 Å². The van der Waals surface area contributed by atoms with Gasteiger partial charge in [-0.1, -0.05) is 29.6 Å². The van der Waals surface area contributed by atoms with E-state index in [-0.39, 0.29) is 0 Å². The third kappa shape index (κ3) is 3.51. The lowest BCUT2D eigenvalue weighted by atomic mass is 10.0. The molecule has 1 atom stereocenters. The molecule has 1 aliphatic rings. The second-order valence-electron chi connectivity index (χ2n) is 4.64. The lowest BCUT2D eigenvalue weighted by Gasteiger charge is -2.32. The van der Waals surface area contributed by atoms with Gasteiger partial charge in [0.2, 0.25) is 0 Å². The number of likely N-dealkylation sites (N-methyl/N-ethyl adjacent to an activating group) is 1. The van der Waals surface area contributed by atoms with Gasteiger partial charge in [-0.15, -0.1) is 0 Å². The van der Waals surface area contributed by atoms with Crippen LogP contribution in [0.2, 0.25) is 10.0 Å². The van der Waals surface area contributed by atoms with Crippen molar-refractivity contribution in [3.8, 4) is 0 Å². The number of hydrogen-bond acceptors (Lipinski definition) is 2. The summed E-state index contributed by atoms with van der Waals surface area (Å²) in [4.78, 5) is 2.42. The van der Waals surface area contributed by atoms with Crippen LogP contribution in [0.5, 0.6) is 0 Å². The van der Waals surface area contributed by atoms with Crippen LogP contribution in [0, 0.1) is 0 Å². The second-order valence-corrected chi connectivity index (χ2v) is 5.48. The minimum Gasteiger partial charge on any atom is -0.382 e. The van der Waals surface area contributed by atoms with Gasteiger partial charge in [-0.3, -0.25) is 0 Å². The Bertz CT molecular complexity index is 382. The van der Waals surface area contributed by atoms with Crippen molar-refractivity contribution in [2.75, 3.05) is 25.5 Å². The van der Waals surface area contributed by atoms with Crippen molar-refractivity contribution < 1.29 is 0 Å². The summed E-state index contributed by atoms with van der Waals surface area (Å²) in [6.45, 7) is 2.14. The largest absolute Gasteiger partial charge is 0.382 e. The van der Waals surface area contributed by atoms with Crippen LogP contribution < -0.4 is 5.32 Å². The molecule has 1 heterocycles. The number of nitrogens with zero attached hydrogens (tertiary/aromatic N) is 1. The van der Waals surface area contributed by atoms with E-state index in [1.807, 2.05) is 12.1 Å². The number of benzene rings is 1. The molecule has 0 radical (unpaired) electrons. The van der Waals surface area contributed by atoms with E-state index in [4.69, 9.17) is 23.2 Å². The summed E-state index contributed by atoms with van der Waals surface area (Å²) in [5.41, 5.74) is 0.968. The Hall–Kier alpha value is -0.440. The second kappa shape index (κ2) is 5.94. The van der Waals surface area contributed by atoms with Gasteiger partial charge in [-0.25, -0.2) is 0 Å². The van der Waals surface area contributed by atoms with Crippen LogP contribution in [-0.2, 0) is 0 Å². The highest BCUT2D eigenvalue weighted by atomic mass is 35.5. The highest BCUT2D eigenvalue weighted by Crippen LogP contribution is 2.26. The van der Waals surface area contributed by atoms with Gasteiger partial charge >= 0.3 is 0 Å². The van der Waals surface area contributed by atoms with Crippen molar-refractivity contribution in [3.05, 3.63) is 28.2 Å². The number of piperidine rings is 1. The SMILES string of the molecule is CN1CCCCC1CNc1ccc(Cl)cc1Cl. The predicted molar refractivity (Wildman–Crippen MR) is 75.2 cm³/mol. The molecule has 1 N–H and O–H groups in total. The molecule has 1 fully saturated rings. The molecule has 2 nitrogen and oxygen atoms in total. The summed E-state index contributed by atoms with van der Waals surface area (Å²) in [7, 11) is 2.19. The normalized spacial score (nSPS) is 21.5. The topological polar surface area (TPSA) is 15.3 Å². The third-order valence-corrected chi connectivity index (χ3v) is 3.93. The molecular weight excluding hydrogens is 255 g/mol. The van der Waals surface area contributed by atoms with E-state index in [1.54, 1.807) is 6.07 Å². The van der Waals surface area contributed by atoms with Crippen LogP contribution in [0.3, 0.4) is 0 Å². The molecule has 1 aliphatic heterocycles. The molecule has 0 bridgehead atoms. The van der Waals surface area contributed by atoms with E-state index < -0.39 is 0 Å². The molecule has 1 aromatic rings. The van der Waals surface area contributed by atoms with E-state index in [2.05, 4.69) is 17.3 Å². The number of rotatable bonds is 3. The van der Waals surface area contributed by atoms with Crippen molar-refractivity contribution in [1.29, 1.82) is 0 Å². The molecule has 2 rings (SSSR count). The third-order valence-electron chi connectivity index (χ3n) is 3.38. The summed E-state index contributed by atoms with van der Waals surface area (Å²) >= 11 is 12.0. The molecule has 0 aliphatic carbocycles. The van der Waals surface area contributed by atoms with Gasteiger partial charge in [0, 0.05) is 17.6 Å². The average molecular weight is 273 g/mol. The molecule has 0 aromatic heterocycles. The Balaban J connectivity index is 1.92. The summed E-state index contributed by atoms with van der Waals surface area (Å²) < 4.78 is 0. The smallest absolute Gasteiger partial charge is 0.0652 e. The molecule has 0 amide bonds. The first kappa shape index (κ1) is 13.0. The van der Waals surface area contributed by atoms with Gasteiger partial charge < -0.3 is 10.2 Å². The zero-order chi connectivity index (χ0) is 12.3. The van der Waals surface area contributed by atoms with E-state index in [0.717, 1.165) is 12.2 Å². The van der Waals surface area contributed by atoms with Crippen molar-refractivity contribution >= 4 is 28.9 Å². The Morgan fingerprint density at radius 1 is 1.35 bits per heavy atom. The maximum Gasteiger partial charge on any atom is 0.0652 e. The minimum absolute atomic E-state index is 0.607. The summed E-state index contributed by atoms with van der Waals surface area (Å²) in [6, 6.07) is 6.18. The quantitative estimate of drug-likeness (QED) is 0.898. The fraction of sp³-hybridized carbons (Fsp3) is 0.538. The van der Waals surface area contributed by atoms with Crippen molar-refractivity contribution in [2.45, 2.75) is 25.3 Å². The van der Waals surface area contributed by atoms with E-state index in [1.165, 1.54) is 25.8 Å². The highest BCUT2D eigenvalue weighted by Gasteiger charge is 2.18. The Morgan fingerprint density at radius 3 is 2.88 bits per heavy atom. The van der Waals surface area contributed by atoms with Gasteiger partial charge in [-0.2, -0.15) is 0 Å². The molecule has 4 heteroatoms.